The van der Waals surface area contributed by atoms with Crippen molar-refractivity contribution in [1.82, 2.24) is 34.9 Å². The highest BCUT2D eigenvalue weighted by Gasteiger charge is 2.31. The Labute approximate surface area is 215 Å². The number of rotatable bonds is 7. The zero-order chi connectivity index (χ0) is 25.8. The van der Waals surface area contributed by atoms with Gasteiger partial charge in [-0.25, -0.2) is 9.97 Å². The number of benzene rings is 1. The third-order valence-electron chi connectivity index (χ3n) is 6.43. The third-order valence-corrected chi connectivity index (χ3v) is 6.43. The van der Waals surface area contributed by atoms with Gasteiger partial charge in [-0.2, -0.15) is 5.10 Å². The van der Waals surface area contributed by atoms with Crippen molar-refractivity contribution < 1.29 is 9.59 Å². The van der Waals surface area contributed by atoms with E-state index in [1.807, 2.05) is 48.0 Å². The maximum atomic E-state index is 13.3. The number of nitrogens with one attached hydrogen (secondary N) is 1. The van der Waals surface area contributed by atoms with Crippen LogP contribution in [-0.2, 0) is 32.5 Å². The van der Waals surface area contributed by atoms with Crippen LogP contribution in [0.15, 0.2) is 60.8 Å². The number of hydrogen-bond donors (Lipinski definition) is 1. The predicted octanol–water partition coefficient (Wildman–Crippen LogP) is 3.06. The lowest BCUT2D eigenvalue weighted by Crippen LogP contribution is -2.37. The lowest BCUT2D eigenvalue weighted by molar-refractivity contribution is 0.0724. The highest BCUT2D eigenvalue weighted by Crippen LogP contribution is 2.25. The largest absolute Gasteiger partial charge is 0.345 e. The number of hydrogen-bond acceptors (Lipinski definition) is 6. The first-order valence-electron chi connectivity index (χ1n) is 12.4. The first kappa shape index (κ1) is 24.3. The number of carbonyl (C=O) groups excluding carboxylic acids is 2. The van der Waals surface area contributed by atoms with Crippen LogP contribution in [0.2, 0.25) is 0 Å². The van der Waals surface area contributed by atoms with E-state index in [0.29, 0.717) is 49.8 Å². The Bertz CT molecular complexity index is 1400. The van der Waals surface area contributed by atoms with Gasteiger partial charge < -0.3 is 10.2 Å². The second-order valence-electron chi connectivity index (χ2n) is 9.15. The number of nitrogens with zero attached hydrogens (tertiary/aromatic N) is 6. The molecule has 3 aromatic heterocycles. The number of amides is 2. The summed E-state index contributed by atoms with van der Waals surface area (Å²) in [5.74, 6) is 0.115. The van der Waals surface area contributed by atoms with Gasteiger partial charge in [-0.15, -0.1) is 0 Å². The lowest BCUT2D eigenvalue weighted by atomic mass is 10.0. The normalized spacial score (nSPS) is 12.8. The van der Waals surface area contributed by atoms with Gasteiger partial charge in [-0.1, -0.05) is 36.4 Å². The highest BCUT2D eigenvalue weighted by molar-refractivity contribution is 5.95. The second-order valence-corrected chi connectivity index (χ2v) is 9.15. The number of aromatic nitrogens is 5. The third kappa shape index (κ3) is 5.55. The zero-order valence-corrected chi connectivity index (χ0v) is 21.0. The van der Waals surface area contributed by atoms with Gasteiger partial charge >= 0.3 is 0 Å². The van der Waals surface area contributed by atoms with Crippen molar-refractivity contribution >= 4 is 11.8 Å². The zero-order valence-electron chi connectivity index (χ0n) is 21.0. The molecule has 0 unspecified atom stereocenters. The molecular formula is C28H29N7O2. The summed E-state index contributed by atoms with van der Waals surface area (Å²) in [7, 11) is 0. The molecule has 0 radical (unpaired) electrons. The van der Waals surface area contributed by atoms with Crippen LogP contribution in [0.5, 0.6) is 0 Å². The maximum Gasteiger partial charge on any atom is 0.272 e. The van der Waals surface area contributed by atoms with E-state index in [-0.39, 0.29) is 11.8 Å². The second kappa shape index (κ2) is 10.7. The molecule has 188 valence electrons. The summed E-state index contributed by atoms with van der Waals surface area (Å²) in [5.41, 5.74) is 5.22. The molecule has 4 heterocycles. The number of carbonyl (C=O) groups is 2. The van der Waals surface area contributed by atoms with Gasteiger partial charge in [-0.3, -0.25) is 19.3 Å². The van der Waals surface area contributed by atoms with Crippen molar-refractivity contribution in [2.45, 2.75) is 46.3 Å². The fourth-order valence-corrected chi connectivity index (χ4v) is 4.66. The smallest absolute Gasteiger partial charge is 0.272 e. The summed E-state index contributed by atoms with van der Waals surface area (Å²) >= 11 is 0. The van der Waals surface area contributed by atoms with E-state index >= 15 is 0 Å². The van der Waals surface area contributed by atoms with Crippen LogP contribution in [0.3, 0.4) is 0 Å². The Balaban J connectivity index is 1.40. The topological polar surface area (TPSA) is 106 Å². The fraction of sp³-hybridized carbons (Fsp3) is 0.286. The molecule has 1 aromatic carbocycles. The average Bonchev–Trinajstić information content (AvgIpc) is 3.28. The first-order chi connectivity index (χ1) is 18.0. The fourth-order valence-electron chi connectivity index (χ4n) is 4.66. The minimum Gasteiger partial charge on any atom is -0.345 e. The van der Waals surface area contributed by atoms with Crippen LogP contribution in [0.25, 0.3) is 0 Å². The molecule has 9 heteroatoms. The molecule has 0 saturated carbocycles. The molecule has 4 aromatic rings. The Morgan fingerprint density at radius 1 is 1.03 bits per heavy atom. The van der Waals surface area contributed by atoms with Crippen molar-refractivity contribution in [1.29, 1.82) is 0 Å². The van der Waals surface area contributed by atoms with Gasteiger partial charge in [0.2, 0.25) is 0 Å². The van der Waals surface area contributed by atoms with Crippen molar-refractivity contribution in [3.63, 3.8) is 0 Å². The summed E-state index contributed by atoms with van der Waals surface area (Å²) < 4.78 is 1.93. The van der Waals surface area contributed by atoms with Gasteiger partial charge in [-0.05, 0) is 44.0 Å². The summed E-state index contributed by atoms with van der Waals surface area (Å²) in [5, 5.41) is 7.68. The van der Waals surface area contributed by atoms with Crippen molar-refractivity contribution in [3.05, 3.63) is 106 Å². The van der Waals surface area contributed by atoms with Gasteiger partial charge in [0.1, 0.15) is 11.5 Å². The quantitative estimate of drug-likeness (QED) is 0.422. The molecular weight excluding hydrogens is 466 g/mol. The van der Waals surface area contributed by atoms with E-state index in [2.05, 4.69) is 32.4 Å². The minimum atomic E-state index is -0.275. The molecule has 0 atom stereocenters. The molecule has 0 fully saturated rings. The van der Waals surface area contributed by atoms with E-state index < -0.39 is 0 Å². The van der Waals surface area contributed by atoms with Crippen LogP contribution in [0, 0.1) is 13.8 Å². The van der Waals surface area contributed by atoms with E-state index in [0.717, 1.165) is 29.1 Å². The minimum absolute atomic E-state index is 0.170. The average molecular weight is 496 g/mol. The monoisotopic (exact) mass is 495 g/mol. The SMILES string of the molecule is Cc1cc(C(=O)N2CCc3c(c(C(=O)NCc4ccccn4)nn3CCc3ccccc3)C2)nc(C)n1. The molecule has 1 aliphatic rings. The summed E-state index contributed by atoms with van der Waals surface area (Å²) in [4.78, 5) is 41.2. The molecule has 5 rings (SSSR count). The molecule has 1 N–H and O–H groups in total. The van der Waals surface area contributed by atoms with Crippen LogP contribution in [0.1, 0.15) is 55.0 Å². The van der Waals surface area contributed by atoms with E-state index in [1.54, 1.807) is 24.1 Å². The maximum absolute atomic E-state index is 13.3. The Morgan fingerprint density at radius 2 is 1.84 bits per heavy atom. The molecule has 9 nitrogen and oxygen atoms in total. The summed E-state index contributed by atoms with van der Waals surface area (Å²) in [6.45, 7) is 5.40. The van der Waals surface area contributed by atoms with Gasteiger partial charge in [0.05, 0.1) is 18.8 Å². The van der Waals surface area contributed by atoms with Crippen molar-refractivity contribution in [2.75, 3.05) is 6.54 Å². The molecule has 2 amide bonds. The van der Waals surface area contributed by atoms with Gasteiger partial charge in [0.25, 0.3) is 11.8 Å². The number of pyridine rings is 1. The highest BCUT2D eigenvalue weighted by atomic mass is 16.2. The summed E-state index contributed by atoms with van der Waals surface area (Å²) in [6.07, 6.45) is 3.10. The van der Waals surface area contributed by atoms with E-state index in [4.69, 9.17) is 5.10 Å². The molecule has 0 saturated heterocycles. The van der Waals surface area contributed by atoms with Crippen LogP contribution >= 0.6 is 0 Å². The van der Waals surface area contributed by atoms with E-state index in [9.17, 15) is 9.59 Å². The Hall–Kier alpha value is -4.40. The first-order valence-corrected chi connectivity index (χ1v) is 12.4. The van der Waals surface area contributed by atoms with Crippen LogP contribution < -0.4 is 5.32 Å². The summed E-state index contributed by atoms with van der Waals surface area (Å²) in [6, 6.07) is 17.5. The molecule has 37 heavy (non-hydrogen) atoms. The van der Waals surface area contributed by atoms with Crippen molar-refractivity contribution in [3.8, 4) is 0 Å². The molecule has 0 bridgehead atoms. The number of fused-ring (bicyclic) bond motifs is 1. The van der Waals surface area contributed by atoms with Gasteiger partial charge in [0, 0.05) is 42.7 Å². The number of aryl methyl sites for hydroxylation is 4. The predicted molar refractivity (Wildman–Crippen MR) is 138 cm³/mol. The lowest BCUT2D eigenvalue weighted by Gasteiger charge is -2.27. The van der Waals surface area contributed by atoms with Crippen LogP contribution in [0.4, 0.5) is 0 Å². The molecule has 0 aliphatic carbocycles. The van der Waals surface area contributed by atoms with Crippen LogP contribution in [-0.4, -0.2) is 48.0 Å². The van der Waals surface area contributed by atoms with Gasteiger partial charge in [0.15, 0.2) is 5.69 Å². The standard InChI is InChI=1S/C28H29N7O2/c1-19-16-24(32-20(2)31-19)28(37)34-14-12-25-23(18-34)26(27(36)30-17-22-10-6-7-13-29-22)33-35(25)15-11-21-8-4-3-5-9-21/h3-10,13,16H,11-12,14-15,17-18H2,1-2H3,(H,30,36). The molecule has 0 spiro atoms. The molecule has 1 aliphatic heterocycles. The van der Waals surface area contributed by atoms with Crippen molar-refractivity contribution in [2.24, 2.45) is 0 Å². The Kier molecular flexibility index (Phi) is 7.02. The van der Waals surface area contributed by atoms with E-state index in [1.165, 1.54) is 5.56 Å². The Morgan fingerprint density at radius 3 is 2.59 bits per heavy atom.